The highest BCUT2D eigenvalue weighted by atomic mass is 15.0. The zero-order chi connectivity index (χ0) is 18.1. The SMILES string of the molecule is C1=C[C@@H]2c3ccccc3N[C@H](c3ccc(N=Cc4ccccc4)cc3)[C@@H]2C1. The summed E-state index contributed by atoms with van der Waals surface area (Å²) in [6.07, 6.45) is 7.77. The van der Waals surface area contributed by atoms with Crippen LogP contribution in [0.3, 0.4) is 0 Å². The van der Waals surface area contributed by atoms with Crippen molar-refractivity contribution in [3.05, 3.63) is 108 Å². The first-order valence-electron chi connectivity index (χ1n) is 9.60. The van der Waals surface area contributed by atoms with Crippen LogP contribution in [0, 0.1) is 5.92 Å². The van der Waals surface area contributed by atoms with E-state index in [9.17, 15) is 0 Å². The number of nitrogens with zero attached hydrogens (tertiary/aromatic N) is 1. The Labute approximate surface area is 160 Å². The van der Waals surface area contributed by atoms with Gasteiger partial charge in [-0.1, -0.05) is 72.8 Å². The molecule has 2 aliphatic rings. The average molecular weight is 350 g/mol. The summed E-state index contributed by atoms with van der Waals surface area (Å²) in [5.41, 5.74) is 6.13. The monoisotopic (exact) mass is 350 g/mol. The van der Waals surface area contributed by atoms with E-state index >= 15 is 0 Å². The highest BCUT2D eigenvalue weighted by Gasteiger charge is 2.37. The summed E-state index contributed by atoms with van der Waals surface area (Å²) in [7, 11) is 0. The molecule has 1 aliphatic carbocycles. The number of hydrogen-bond acceptors (Lipinski definition) is 2. The Morgan fingerprint density at radius 2 is 1.63 bits per heavy atom. The molecule has 3 aromatic carbocycles. The fraction of sp³-hybridized carbons (Fsp3) is 0.160. The molecule has 132 valence electrons. The van der Waals surface area contributed by atoms with Crippen molar-refractivity contribution in [2.45, 2.75) is 18.4 Å². The molecule has 1 N–H and O–H groups in total. The van der Waals surface area contributed by atoms with Gasteiger partial charge in [0.25, 0.3) is 0 Å². The van der Waals surface area contributed by atoms with Gasteiger partial charge >= 0.3 is 0 Å². The summed E-state index contributed by atoms with van der Waals surface area (Å²) in [5, 5.41) is 3.78. The number of aliphatic imine (C=N–C) groups is 1. The third kappa shape index (κ3) is 3.08. The molecule has 0 amide bonds. The van der Waals surface area contributed by atoms with Crippen molar-refractivity contribution in [2.24, 2.45) is 10.9 Å². The van der Waals surface area contributed by atoms with E-state index in [-0.39, 0.29) is 0 Å². The number of allylic oxidation sites excluding steroid dienone is 2. The largest absolute Gasteiger partial charge is 0.378 e. The van der Waals surface area contributed by atoms with Crippen molar-refractivity contribution in [2.75, 3.05) is 5.32 Å². The van der Waals surface area contributed by atoms with E-state index in [4.69, 9.17) is 0 Å². The maximum absolute atomic E-state index is 4.61. The van der Waals surface area contributed by atoms with Crippen molar-refractivity contribution in [3.63, 3.8) is 0 Å². The van der Waals surface area contributed by atoms with E-state index in [2.05, 4.69) is 83.1 Å². The van der Waals surface area contributed by atoms with E-state index in [1.54, 1.807) is 0 Å². The normalized spacial score (nSPS) is 23.0. The van der Waals surface area contributed by atoms with Gasteiger partial charge < -0.3 is 5.32 Å². The molecule has 0 spiro atoms. The van der Waals surface area contributed by atoms with Crippen molar-refractivity contribution in [1.29, 1.82) is 0 Å². The molecule has 0 unspecified atom stereocenters. The van der Waals surface area contributed by atoms with Gasteiger partial charge in [-0.2, -0.15) is 0 Å². The van der Waals surface area contributed by atoms with E-state index in [0.29, 0.717) is 17.9 Å². The minimum Gasteiger partial charge on any atom is -0.378 e. The molecule has 0 fully saturated rings. The molecule has 2 nitrogen and oxygen atoms in total. The van der Waals surface area contributed by atoms with Gasteiger partial charge in [0.15, 0.2) is 0 Å². The standard InChI is InChI=1S/C25H22N2/c1-2-7-18(8-3-1)17-26-20-15-13-19(14-16-20)25-23-11-6-10-21(23)22-9-4-5-12-24(22)27-25/h1-10,12-17,21,23,25,27H,11H2/t21-,23-,25-/m1/s1. The summed E-state index contributed by atoms with van der Waals surface area (Å²) in [4.78, 5) is 4.61. The first-order chi connectivity index (χ1) is 13.4. The van der Waals surface area contributed by atoms with Crippen molar-refractivity contribution >= 4 is 17.6 Å². The zero-order valence-electron chi connectivity index (χ0n) is 15.1. The van der Waals surface area contributed by atoms with Crippen LogP contribution in [0.25, 0.3) is 0 Å². The van der Waals surface area contributed by atoms with E-state index in [0.717, 1.165) is 17.7 Å². The predicted octanol–water partition coefficient (Wildman–Crippen LogP) is 6.26. The molecule has 0 radical (unpaired) electrons. The lowest BCUT2D eigenvalue weighted by Gasteiger charge is -2.37. The van der Waals surface area contributed by atoms with Gasteiger partial charge in [0, 0.05) is 17.8 Å². The minimum atomic E-state index is 0.340. The van der Waals surface area contributed by atoms with Gasteiger partial charge in [0.1, 0.15) is 0 Å². The van der Waals surface area contributed by atoms with Crippen LogP contribution in [-0.2, 0) is 0 Å². The molecular formula is C25H22N2. The molecule has 3 atom stereocenters. The first-order valence-corrected chi connectivity index (χ1v) is 9.60. The molecule has 0 bridgehead atoms. The van der Waals surface area contributed by atoms with Crippen molar-refractivity contribution in [1.82, 2.24) is 0 Å². The molecule has 27 heavy (non-hydrogen) atoms. The second-order valence-electron chi connectivity index (χ2n) is 7.32. The average Bonchev–Trinajstić information content (AvgIpc) is 3.23. The fourth-order valence-corrected chi connectivity index (χ4v) is 4.33. The number of anilines is 1. The Kier molecular flexibility index (Phi) is 4.10. The molecule has 0 saturated heterocycles. The molecule has 5 rings (SSSR count). The van der Waals surface area contributed by atoms with Crippen LogP contribution in [0.5, 0.6) is 0 Å². The fourth-order valence-electron chi connectivity index (χ4n) is 4.33. The highest BCUT2D eigenvalue weighted by Crippen LogP contribution is 2.49. The van der Waals surface area contributed by atoms with Gasteiger partial charge in [-0.05, 0) is 47.2 Å². The Morgan fingerprint density at radius 3 is 2.48 bits per heavy atom. The molecule has 2 heteroatoms. The lowest BCUT2D eigenvalue weighted by molar-refractivity contribution is 0.425. The van der Waals surface area contributed by atoms with Crippen molar-refractivity contribution in [3.8, 4) is 0 Å². The van der Waals surface area contributed by atoms with Crippen LogP contribution in [0.2, 0.25) is 0 Å². The summed E-state index contributed by atoms with van der Waals surface area (Å²) in [6.45, 7) is 0. The Hall–Kier alpha value is -3.13. The summed E-state index contributed by atoms with van der Waals surface area (Å²) >= 11 is 0. The van der Waals surface area contributed by atoms with Crippen LogP contribution >= 0.6 is 0 Å². The van der Waals surface area contributed by atoms with Crippen LogP contribution in [0.1, 0.15) is 35.1 Å². The quantitative estimate of drug-likeness (QED) is 0.437. The van der Waals surface area contributed by atoms with E-state index in [1.165, 1.54) is 16.8 Å². The van der Waals surface area contributed by atoms with Gasteiger partial charge in [0.05, 0.1) is 11.7 Å². The van der Waals surface area contributed by atoms with E-state index < -0.39 is 0 Å². The number of nitrogens with one attached hydrogen (secondary N) is 1. The van der Waals surface area contributed by atoms with Crippen LogP contribution in [0.4, 0.5) is 11.4 Å². The Balaban J connectivity index is 1.40. The summed E-state index contributed by atoms with van der Waals surface area (Å²) in [6, 6.07) is 27.9. The number of rotatable bonds is 3. The zero-order valence-corrected chi connectivity index (χ0v) is 15.1. The topological polar surface area (TPSA) is 24.4 Å². The van der Waals surface area contributed by atoms with E-state index in [1.807, 2.05) is 24.4 Å². The van der Waals surface area contributed by atoms with Crippen LogP contribution in [0.15, 0.2) is 96.0 Å². The van der Waals surface area contributed by atoms with Gasteiger partial charge in [-0.15, -0.1) is 0 Å². The van der Waals surface area contributed by atoms with Gasteiger partial charge in [0.2, 0.25) is 0 Å². The Morgan fingerprint density at radius 1 is 0.852 bits per heavy atom. The molecule has 1 heterocycles. The summed E-state index contributed by atoms with van der Waals surface area (Å²) in [5.74, 6) is 1.10. The smallest absolute Gasteiger partial charge is 0.0630 e. The van der Waals surface area contributed by atoms with Crippen molar-refractivity contribution < 1.29 is 0 Å². The lowest BCUT2D eigenvalue weighted by atomic mass is 9.77. The highest BCUT2D eigenvalue weighted by molar-refractivity contribution is 5.81. The number of para-hydroxylation sites is 1. The maximum Gasteiger partial charge on any atom is 0.0630 e. The third-order valence-electron chi connectivity index (χ3n) is 5.69. The second-order valence-corrected chi connectivity index (χ2v) is 7.32. The lowest BCUT2D eigenvalue weighted by Crippen LogP contribution is -2.28. The molecular weight excluding hydrogens is 328 g/mol. The molecule has 1 aliphatic heterocycles. The first kappa shape index (κ1) is 16.1. The predicted molar refractivity (Wildman–Crippen MR) is 113 cm³/mol. The van der Waals surface area contributed by atoms with Gasteiger partial charge in [-0.25, -0.2) is 0 Å². The molecule has 0 saturated carbocycles. The number of benzene rings is 3. The molecule has 3 aromatic rings. The molecule has 0 aromatic heterocycles. The number of hydrogen-bond donors (Lipinski definition) is 1. The number of fused-ring (bicyclic) bond motifs is 3. The second kappa shape index (κ2) is 6.88. The third-order valence-corrected chi connectivity index (χ3v) is 5.69. The minimum absolute atomic E-state index is 0.340. The summed E-state index contributed by atoms with van der Waals surface area (Å²) < 4.78 is 0. The Bertz CT molecular complexity index is 986. The van der Waals surface area contributed by atoms with Crippen LogP contribution in [-0.4, -0.2) is 6.21 Å². The maximum atomic E-state index is 4.61. The van der Waals surface area contributed by atoms with Crippen LogP contribution < -0.4 is 5.32 Å². The van der Waals surface area contributed by atoms with Gasteiger partial charge in [-0.3, -0.25) is 4.99 Å².